The molecule has 4 nitrogen and oxygen atoms in total. The summed E-state index contributed by atoms with van der Waals surface area (Å²) in [6.07, 6.45) is 3.70. The van der Waals surface area contributed by atoms with Crippen LogP contribution >= 0.6 is 0 Å². The molecule has 1 fully saturated rings. The SMILES string of the molecule is COCC1(CNCc2cc3ccc(C)cc3[nH]c2=O)CCC1. The van der Waals surface area contributed by atoms with Gasteiger partial charge in [0.15, 0.2) is 0 Å². The lowest BCUT2D eigenvalue weighted by molar-refractivity contribution is 0.0177. The van der Waals surface area contributed by atoms with Crippen LogP contribution in [0.25, 0.3) is 10.9 Å². The Hall–Kier alpha value is -1.65. The van der Waals surface area contributed by atoms with Crippen LogP contribution in [0.2, 0.25) is 0 Å². The molecular formula is C18H24N2O2. The number of aryl methyl sites for hydroxylation is 1. The van der Waals surface area contributed by atoms with E-state index in [9.17, 15) is 4.79 Å². The summed E-state index contributed by atoms with van der Waals surface area (Å²) in [6, 6.07) is 8.13. The van der Waals surface area contributed by atoms with Gasteiger partial charge in [0.25, 0.3) is 5.56 Å². The molecule has 0 unspecified atom stereocenters. The van der Waals surface area contributed by atoms with Gasteiger partial charge in [0, 0.05) is 36.7 Å². The third-order valence-corrected chi connectivity index (χ3v) is 4.76. The van der Waals surface area contributed by atoms with E-state index in [0.29, 0.717) is 6.54 Å². The van der Waals surface area contributed by atoms with E-state index in [1.54, 1.807) is 7.11 Å². The number of benzene rings is 1. The highest BCUT2D eigenvalue weighted by atomic mass is 16.5. The summed E-state index contributed by atoms with van der Waals surface area (Å²) < 4.78 is 5.34. The average molecular weight is 300 g/mol. The first-order valence-corrected chi connectivity index (χ1v) is 7.94. The lowest BCUT2D eigenvalue weighted by atomic mass is 9.69. The maximum Gasteiger partial charge on any atom is 0.252 e. The first kappa shape index (κ1) is 15.3. The number of hydrogen-bond acceptors (Lipinski definition) is 3. The Morgan fingerprint density at radius 2 is 2.14 bits per heavy atom. The third-order valence-electron chi connectivity index (χ3n) is 4.76. The van der Waals surface area contributed by atoms with Gasteiger partial charge in [-0.2, -0.15) is 0 Å². The van der Waals surface area contributed by atoms with Crippen molar-refractivity contribution in [1.29, 1.82) is 0 Å². The molecule has 1 saturated carbocycles. The van der Waals surface area contributed by atoms with Crippen LogP contribution in [0.15, 0.2) is 29.1 Å². The molecule has 0 atom stereocenters. The lowest BCUT2D eigenvalue weighted by Crippen LogP contribution is -2.43. The largest absolute Gasteiger partial charge is 0.384 e. The zero-order chi connectivity index (χ0) is 15.6. The van der Waals surface area contributed by atoms with E-state index in [1.807, 2.05) is 19.1 Å². The van der Waals surface area contributed by atoms with E-state index in [4.69, 9.17) is 4.74 Å². The first-order chi connectivity index (χ1) is 10.6. The third kappa shape index (κ3) is 3.08. The van der Waals surface area contributed by atoms with E-state index in [0.717, 1.165) is 35.2 Å². The van der Waals surface area contributed by atoms with Gasteiger partial charge in [-0.05, 0) is 42.8 Å². The van der Waals surface area contributed by atoms with Crippen molar-refractivity contribution in [3.05, 3.63) is 45.7 Å². The smallest absolute Gasteiger partial charge is 0.252 e. The number of hydrogen-bond donors (Lipinski definition) is 2. The summed E-state index contributed by atoms with van der Waals surface area (Å²) in [6.45, 7) is 4.34. The highest BCUT2D eigenvalue weighted by Crippen LogP contribution is 2.40. The lowest BCUT2D eigenvalue weighted by Gasteiger charge is -2.41. The Morgan fingerprint density at radius 3 is 2.82 bits per heavy atom. The standard InChI is InChI=1S/C18H24N2O2/c1-13-4-5-14-9-15(17(21)20-16(14)8-13)10-19-11-18(12-22-2)6-3-7-18/h4-5,8-9,19H,3,6-7,10-12H2,1-2H3,(H,20,21). The molecule has 0 saturated heterocycles. The normalized spacial score (nSPS) is 16.6. The summed E-state index contributed by atoms with van der Waals surface area (Å²) in [5, 5.41) is 4.53. The monoisotopic (exact) mass is 300 g/mol. The van der Waals surface area contributed by atoms with Crippen LogP contribution in [0.4, 0.5) is 0 Å². The molecule has 2 N–H and O–H groups in total. The number of aromatic nitrogens is 1. The molecule has 1 aromatic heterocycles. The van der Waals surface area contributed by atoms with Gasteiger partial charge < -0.3 is 15.0 Å². The van der Waals surface area contributed by atoms with Gasteiger partial charge in [-0.15, -0.1) is 0 Å². The minimum Gasteiger partial charge on any atom is -0.384 e. The molecule has 0 spiro atoms. The summed E-state index contributed by atoms with van der Waals surface area (Å²) >= 11 is 0. The average Bonchev–Trinajstić information content (AvgIpc) is 2.45. The second-order valence-electron chi connectivity index (χ2n) is 6.60. The summed E-state index contributed by atoms with van der Waals surface area (Å²) in [5.74, 6) is 0. The van der Waals surface area contributed by atoms with E-state index < -0.39 is 0 Å². The van der Waals surface area contributed by atoms with Crippen molar-refractivity contribution in [2.45, 2.75) is 32.7 Å². The van der Waals surface area contributed by atoms with Crippen LogP contribution < -0.4 is 10.9 Å². The molecule has 2 aromatic rings. The van der Waals surface area contributed by atoms with Gasteiger partial charge in [-0.3, -0.25) is 4.79 Å². The van der Waals surface area contributed by atoms with Crippen LogP contribution in [0, 0.1) is 12.3 Å². The van der Waals surface area contributed by atoms with Crippen molar-refractivity contribution in [2.75, 3.05) is 20.3 Å². The highest BCUT2D eigenvalue weighted by molar-refractivity contribution is 5.79. The minimum absolute atomic E-state index is 0.000000892. The van der Waals surface area contributed by atoms with Gasteiger partial charge in [0.1, 0.15) is 0 Å². The molecule has 1 aliphatic carbocycles. The Balaban J connectivity index is 1.70. The molecule has 1 heterocycles. The van der Waals surface area contributed by atoms with Crippen LogP contribution in [0.5, 0.6) is 0 Å². The fourth-order valence-electron chi connectivity index (χ4n) is 3.31. The number of H-pyrrole nitrogens is 1. The number of rotatable bonds is 6. The van der Waals surface area contributed by atoms with Crippen molar-refractivity contribution in [1.82, 2.24) is 10.3 Å². The Labute approximate surface area is 130 Å². The molecule has 4 heteroatoms. The Kier molecular flexibility index (Phi) is 4.32. The van der Waals surface area contributed by atoms with Crippen LogP contribution in [0.1, 0.15) is 30.4 Å². The van der Waals surface area contributed by atoms with E-state index in [-0.39, 0.29) is 11.0 Å². The topological polar surface area (TPSA) is 54.1 Å². The number of fused-ring (bicyclic) bond motifs is 1. The van der Waals surface area contributed by atoms with E-state index in [2.05, 4.69) is 22.4 Å². The second-order valence-corrected chi connectivity index (χ2v) is 6.60. The van der Waals surface area contributed by atoms with Crippen molar-refractivity contribution >= 4 is 10.9 Å². The van der Waals surface area contributed by atoms with Crippen LogP contribution in [0.3, 0.4) is 0 Å². The summed E-state index contributed by atoms with van der Waals surface area (Å²) in [5.41, 5.74) is 3.13. The maximum atomic E-state index is 12.2. The molecule has 0 bridgehead atoms. The fraction of sp³-hybridized carbons (Fsp3) is 0.500. The number of methoxy groups -OCH3 is 1. The van der Waals surface area contributed by atoms with Gasteiger partial charge >= 0.3 is 0 Å². The molecule has 3 rings (SSSR count). The van der Waals surface area contributed by atoms with Crippen LogP contribution in [-0.4, -0.2) is 25.2 Å². The molecule has 22 heavy (non-hydrogen) atoms. The molecule has 1 aromatic carbocycles. The molecular weight excluding hydrogens is 276 g/mol. The van der Waals surface area contributed by atoms with Crippen LogP contribution in [-0.2, 0) is 11.3 Å². The van der Waals surface area contributed by atoms with Crippen molar-refractivity contribution in [3.63, 3.8) is 0 Å². The molecule has 0 amide bonds. The number of ether oxygens (including phenoxy) is 1. The van der Waals surface area contributed by atoms with E-state index in [1.165, 1.54) is 19.3 Å². The van der Waals surface area contributed by atoms with Gasteiger partial charge in [0.05, 0.1) is 6.61 Å². The molecule has 0 radical (unpaired) electrons. The van der Waals surface area contributed by atoms with Crippen molar-refractivity contribution in [2.24, 2.45) is 5.41 Å². The molecule has 1 aliphatic rings. The Bertz CT molecular complexity index is 717. The molecule has 118 valence electrons. The van der Waals surface area contributed by atoms with Gasteiger partial charge in [-0.25, -0.2) is 0 Å². The molecule has 0 aliphatic heterocycles. The predicted octanol–water partition coefficient (Wildman–Crippen LogP) is 2.74. The minimum atomic E-state index is 0.000000892. The zero-order valence-corrected chi connectivity index (χ0v) is 13.4. The zero-order valence-electron chi connectivity index (χ0n) is 13.4. The highest BCUT2D eigenvalue weighted by Gasteiger charge is 2.36. The maximum absolute atomic E-state index is 12.2. The van der Waals surface area contributed by atoms with E-state index >= 15 is 0 Å². The number of pyridine rings is 1. The van der Waals surface area contributed by atoms with Gasteiger partial charge in [-0.1, -0.05) is 18.6 Å². The summed E-state index contributed by atoms with van der Waals surface area (Å²) in [7, 11) is 1.76. The Morgan fingerprint density at radius 1 is 1.32 bits per heavy atom. The van der Waals surface area contributed by atoms with Crippen molar-refractivity contribution in [3.8, 4) is 0 Å². The number of aromatic amines is 1. The first-order valence-electron chi connectivity index (χ1n) is 7.94. The fourth-order valence-corrected chi connectivity index (χ4v) is 3.31. The second kappa shape index (κ2) is 6.23. The number of nitrogens with one attached hydrogen (secondary N) is 2. The van der Waals surface area contributed by atoms with Gasteiger partial charge in [0.2, 0.25) is 0 Å². The predicted molar refractivity (Wildman–Crippen MR) is 89.2 cm³/mol. The summed E-state index contributed by atoms with van der Waals surface area (Å²) in [4.78, 5) is 15.2. The van der Waals surface area contributed by atoms with Crippen molar-refractivity contribution < 1.29 is 4.74 Å². The quantitative estimate of drug-likeness (QED) is 0.862.